The molecule has 1 aliphatic carbocycles. The molecule has 0 unspecified atom stereocenters. The van der Waals surface area contributed by atoms with Gasteiger partial charge in [-0.05, 0) is 49.9 Å². The lowest BCUT2D eigenvalue weighted by molar-refractivity contribution is 0.391. The molecule has 0 radical (unpaired) electrons. The van der Waals surface area contributed by atoms with E-state index in [4.69, 9.17) is 21.2 Å². The molecule has 2 aromatic carbocycles. The van der Waals surface area contributed by atoms with Crippen LogP contribution in [0.15, 0.2) is 66.9 Å². The molecule has 31 heavy (non-hydrogen) atoms. The van der Waals surface area contributed by atoms with Gasteiger partial charge in [0.1, 0.15) is 17.3 Å². The number of hydrogen-bond donors (Lipinski definition) is 3. The fraction of sp³-hybridized carbons (Fsp3) is 0.250. The van der Waals surface area contributed by atoms with Crippen molar-refractivity contribution in [1.29, 1.82) is 0 Å². The zero-order chi connectivity index (χ0) is 21.2. The Morgan fingerprint density at radius 3 is 2.52 bits per heavy atom. The van der Waals surface area contributed by atoms with E-state index >= 15 is 0 Å². The van der Waals surface area contributed by atoms with Gasteiger partial charge in [-0.3, -0.25) is 0 Å². The number of benzene rings is 2. The van der Waals surface area contributed by atoms with Crippen molar-refractivity contribution in [3.63, 3.8) is 0 Å². The third kappa shape index (κ3) is 4.32. The molecule has 1 saturated carbocycles. The van der Waals surface area contributed by atoms with Crippen LogP contribution in [-0.2, 0) is 0 Å². The van der Waals surface area contributed by atoms with Gasteiger partial charge in [0.25, 0.3) is 0 Å². The fourth-order valence-corrected chi connectivity index (χ4v) is 4.14. The normalized spacial score (nSPS) is 18.7. The molecule has 0 saturated heterocycles. The Morgan fingerprint density at radius 2 is 1.71 bits per heavy atom. The molecule has 1 fully saturated rings. The molecule has 0 spiro atoms. The summed E-state index contributed by atoms with van der Waals surface area (Å²) < 4.78 is 7.72. The smallest absolute Gasteiger partial charge is 0.177 e. The molecule has 2 heterocycles. The lowest BCUT2D eigenvalue weighted by Gasteiger charge is -2.24. The number of fused-ring (bicyclic) bond motifs is 1. The monoisotopic (exact) mass is 414 g/mol. The molecule has 0 atom stereocenters. The predicted octanol–water partition coefficient (Wildman–Crippen LogP) is 4.83. The second-order valence-corrected chi connectivity index (χ2v) is 8.10. The summed E-state index contributed by atoms with van der Waals surface area (Å²) in [5.74, 6) is 2.39. The Morgan fingerprint density at radius 1 is 0.935 bits per heavy atom. The summed E-state index contributed by atoms with van der Waals surface area (Å²) in [6.45, 7) is 0. The average molecular weight is 415 g/mol. The third-order valence-corrected chi connectivity index (χ3v) is 5.74. The van der Waals surface area contributed by atoms with Crippen LogP contribution >= 0.6 is 0 Å². The standard InChI is InChI=1S/C24H26N6O/c25-17-11-9-16(10-12-17)22-15-30-24(28-22)21(14-23(26)29-30)27-18-5-4-8-20(13-18)31-19-6-2-1-3-7-19/h1-8,13-17,27H,9-12,25H2,(H2,26,29)/t16-,17-. The first-order chi connectivity index (χ1) is 15.1. The largest absolute Gasteiger partial charge is 0.457 e. The van der Waals surface area contributed by atoms with Gasteiger partial charge < -0.3 is 21.5 Å². The maximum atomic E-state index is 6.08. The highest BCUT2D eigenvalue weighted by atomic mass is 16.5. The van der Waals surface area contributed by atoms with Gasteiger partial charge in [0.2, 0.25) is 0 Å². The molecule has 2 aromatic heterocycles. The van der Waals surface area contributed by atoms with Crippen LogP contribution in [0.25, 0.3) is 5.65 Å². The topological polar surface area (TPSA) is 103 Å². The van der Waals surface area contributed by atoms with E-state index in [9.17, 15) is 0 Å². The number of aromatic nitrogens is 3. The number of ether oxygens (including phenoxy) is 1. The van der Waals surface area contributed by atoms with Crippen molar-refractivity contribution in [1.82, 2.24) is 14.6 Å². The SMILES string of the molecule is Nc1cc(Nc2cccc(Oc3ccccc3)c2)c2nc([C@H]3CC[C@H](N)CC3)cn2n1. The molecular formula is C24H26N6O. The Bertz CT molecular complexity index is 1180. The van der Waals surface area contributed by atoms with Crippen LogP contribution in [-0.4, -0.2) is 20.6 Å². The Hall–Kier alpha value is -3.58. The van der Waals surface area contributed by atoms with Gasteiger partial charge in [0, 0.05) is 29.8 Å². The molecule has 0 bridgehead atoms. The summed E-state index contributed by atoms with van der Waals surface area (Å²) in [6, 6.07) is 19.6. The van der Waals surface area contributed by atoms with Crippen LogP contribution in [0.2, 0.25) is 0 Å². The second-order valence-electron chi connectivity index (χ2n) is 8.10. The average Bonchev–Trinajstić information content (AvgIpc) is 3.19. The van der Waals surface area contributed by atoms with Gasteiger partial charge in [0.05, 0.1) is 17.6 Å². The van der Waals surface area contributed by atoms with E-state index < -0.39 is 0 Å². The zero-order valence-corrected chi connectivity index (χ0v) is 17.2. The van der Waals surface area contributed by atoms with Gasteiger partial charge in [0.15, 0.2) is 5.65 Å². The van der Waals surface area contributed by atoms with E-state index in [1.165, 1.54) is 0 Å². The molecule has 0 amide bonds. The minimum atomic E-state index is 0.310. The minimum Gasteiger partial charge on any atom is -0.457 e. The van der Waals surface area contributed by atoms with E-state index in [0.717, 1.165) is 59.9 Å². The summed E-state index contributed by atoms with van der Waals surface area (Å²) >= 11 is 0. The van der Waals surface area contributed by atoms with Crippen molar-refractivity contribution < 1.29 is 4.74 Å². The van der Waals surface area contributed by atoms with Crippen molar-refractivity contribution in [3.8, 4) is 11.5 Å². The van der Waals surface area contributed by atoms with E-state index in [1.54, 1.807) is 4.52 Å². The maximum absolute atomic E-state index is 6.08. The summed E-state index contributed by atoms with van der Waals surface area (Å²) in [7, 11) is 0. The van der Waals surface area contributed by atoms with Gasteiger partial charge in [-0.1, -0.05) is 24.3 Å². The molecule has 7 heteroatoms. The first kappa shape index (κ1) is 19.4. The number of anilines is 3. The number of nitrogens with zero attached hydrogens (tertiary/aromatic N) is 3. The van der Waals surface area contributed by atoms with Crippen LogP contribution in [0.5, 0.6) is 11.5 Å². The quantitative estimate of drug-likeness (QED) is 0.432. The molecule has 5 N–H and O–H groups in total. The van der Waals surface area contributed by atoms with Crippen LogP contribution < -0.4 is 21.5 Å². The Labute approximate surface area is 181 Å². The lowest BCUT2D eigenvalue weighted by Crippen LogP contribution is -2.25. The molecule has 0 aliphatic heterocycles. The number of nitrogen functional groups attached to an aromatic ring is 1. The number of nitrogens with one attached hydrogen (secondary N) is 1. The maximum Gasteiger partial charge on any atom is 0.177 e. The Balaban J connectivity index is 1.42. The van der Waals surface area contributed by atoms with Crippen LogP contribution in [0.3, 0.4) is 0 Å². The van der Waals surface area contributed by atoms with Crippen molar-refractivity contribution >= 4 is 22.8 Å². The molecule has 4 aromatic rings. The number of hydrogen-bond acceptors (Lipinski definition) is 6. The number of rotatable bonds is 5. The van der Waals surface area contributed by atoms with E-state index in [0.29, 0.717) is 17.8 Å². The number of para-hydroxylation sites is 1. The van der Waals surface area contributed by atoms with Gasteiger partial charge in [-0.15, -0.1) is 5.10 Å². The lowest BCUT2D eigenvalue weighted by atomic mass is 9.85. The predicted molar refractivity (Wildman–Crippen MR) is 123 cm³/mol. The van der Waals surface area contributed by atoms with Gasteiger partial charge in [-0.2, -0.15) is 0 Å². The summed E-state index contributed by atoms with van der Waals surface area (Å²) in [4.78, 5) is 4.90. The first-order valence-corrected chi connectivity index (χ1v) is 10.7. The zero-order valence-electron chi connectivity index (χ0n) is 17.2. The fourth-order valence-electron chi connectivity index (χ4n) is 4.14. The second kappa shape index (κ2) is 8.28. The third-order valence-electron chi connectivity index (χ3n) is 5.74. The highest BCUT2D eigenvalue weighted by Gasteiger charge is 2.23. The van der Waals surface area contributed by atoms with E-state index in [-0.39, 0.29) is 0 Å². The van der Waals surface area contributed by atoms with Crippen LogP contribution in [0.1, 0.15) is 37.3 Å². The van der Waals surface area contributed by atoms with Crippen molar-refractivity contribution in [2.24, 2.45) is 5.73 Å². The molecular weight excluding hydrogens is 388 g/mol. The van der Waals surface area contributed by atoms with Gasteiger partial charge in [-0.25, -0.2) is 9.50 Å². The highest BCUT2D eigenvalue weighted by molar-refractivity contribution is 5.76. The van der Waals surface area contributed by atoms with Crippen molar-refractivity contribution in [3.05, 3.63) is 72.6 Å². The molecule has 7 nitrogen and oxygen atoms in total. The summed E-state index contributed by atoms with van der Waals surface area (Å²) in [5.41, 5.74) is 15.6. The molecule has 158 valence electrons. The molecule has 5 rings (SSSR count). The first-order valence-electron chi connectivity index (χ1n) is 10.7. The summed E-state index contributed by atoms with van der Waals surface area (Å²) in [5, 5.41) is 7.86. The number of imidazole rings is 1. The summed E-state index contributed by atoms with van der Waals surface area (Å²) in [6.07, 6.45) is 6.18. The van der Waals surface area contributed by atoms with Gasteiger partial charge >= 0.3 is 0 Å². The number of nitrogens with two attached hydrogens (primary N) is 2. The van der Waals surface area contributed by atoms with Crippen LogP contribution in [0.4, 0.5) is 17.2 Å². The van der Waals surface area contributed by atoms with E-state index in [1.807, 2.05) is 66.9 Å². The minimum absolute atomic E-state index is 0.310. The van der Waals surface area contributed by atoms with Crippen LogP contribution in [0, 0.1) is 0 Å². The van der Waals surface area contributed by atoms with Crippen molar-refractivity contribution in [2.45, 2.75) is 37.6 Å². The highest BCUT2D eigenvalue weighted by Crippen LogP contribution is 2.33. The van der Waals surface area contributed by atoms with Crippen molar-refractivity contribution in [2.75, 3.05) is 11.1 Å². The Kier molecular flexibility index (Phi) is 5.18. The van der Waals surface area contributed by atoms with E-state index in [2.05, 4.69) is 10.4 Å². The molecule has 1 aliphatic rings.